The zero-order valence-electron chi connectivity index (χ0n) is 15.9. The van der Waals surface area contributed by atoms with Gasteiger partial charge < -0.3 is 10.2 Å². The number of aromatic nitrogens is 1. The van der Waals surface area contributed by atoms with E-state index in [1.165, 1.54) is 26.2 Å². The van der Waals surface area contributed by atoms with Gasteiger partial charge >= 0.3 is 0 Å². The van der Waals surface area contributed by atoms with E-state index in [1.807, 2.05) is 6.92 Å². The van der Waals surface area contributed by atoms with Crippen molar-refractivity contribution >= 4 is 33.2 Å². The summed E-state index contributed by atoms with van der Waals surface area (Å²) in [6.07, 6.45) is 3.65. The largest absolute Gasteiger partial charge is 0.324 e. The molecule has 0 saturated carbocycles. The van der Waals surface area contributed by atoms with Gasteiger partial charge in [0.1, 0.15) is 0 Å². The first-order chi connectivity index (χ1) is 13.2. The second-order valence-corrected chi connectivity index (χ2v) is 8.83. The fourth-order valence-corrected chi connectivity index (χ4v) is 4.53. The van der Waals surface area contributed by atoms with Crippen molar-refractivity contribution in [3.05, 3.63) is 48.3 Å². The Kier molecular flexibility index (Phi) is 5.48. The molecular weight excluding hydrogens is 380 g/mol. The molecule has 148 valence electrons. The Bertz CT molecular complexity index is 1010. The number of hydrogen-bond acceptors (Lipinski definition) is 5. The van der Waals surface area contributed by atoms with Crippen molar-refractivity contribution in [3.8, 4) is 0 Å². The van der Waals surface area contributed by atoms with Gasteiger partial charge in [-0.25, -0.2) is 8.42 Å². The summed E-state index contributed by atoms with van der Waals surface area (Å²) in [5.41, 5.74) is 2.03. The van der Waals surface area contributed by atoms with Crippen LogP contribution in [0, 0.1) is 0 Å². The predicted molar refractivity (Wildman–Crippen MR) is 105 cm³/mol. The summed E-state index contributed by atoms with van der Waals surface area (Å²) >= 11 is 0. The molecule has 2 amide bonds. The molecular formula is C19H22N4O4S. The Morgan fingerprint density at radius 2 is 2.07 bits per heavy atom. The molecule has 1 atom stereocenters. The number of benzene rings is 1. The highest BCUT2D eigenvalue weighted by Crippen LogP contribution is 2.34. The highest BCUT2D eigenvalue weighted by atomic mass is 32.2. The summed E-state index contributed by atoms with van der Waals surface area (Å²) in [7, 11) is -2.49. The Balaban J connectivity index is 1.76. The average molecular weight is 402 g/mol. The molecule has 0 aliphatic carbocycles. The Hall–Kier alpha value is -2.78. The number of sulfonamides is 1. The summed E-state index contributed by atoms with van der Waals surface area (Å²) in [5.74, 6) is -0.539. The number of nitrogens with one attached hydrogen (secondary N) is 1. The van der Waals surface area contributed by atoms with Crippen LogP contribution in [0.1, 0.15) is 19.4 Å². The van der Waals surface area contributed by atoms with Crippen LogP contribution in [0.25, 0.3) is 0 Å². The number of nitrogens with zero attached hydrogens (tertiary/aromatic N) is 3. The molecule has 0 fully saturated rings. The molecule has 1 unspecified atom stereocenters. The summed E-state index contributed by atoms with van der Waals surface area (Å²) < 4.78 is 26.7. The van der Waals surface area contributed by atoms with E-state index in [2.05, 4.69) is 10.3 Å². The van der Waals surface area contributed by atoms with Crippen molar-refractivity contribution in [1.29, 1.82) is 0 Å². The summed E-state index contributed by atoms with van der Waals surface area (Å²) in [6, 6.07) is 8.02. The third-order valence-corrected chi connectivity index (χ3v) is 6.42. The molecule has 1 aromatic carbocycles. The van der Waals surface area contributed by atoms with Crippen LogP contribution in [0.3, 0.4) is 0 Å². The van der Waals surface area contributed by atoms with Crippen LogP contribution in [0.2, 0.25) is 0 Å². The first kappa shape index (κ1) is 20.0. The van der Waals surface area contributed by atoms with Crippen LogP contribution >= 0.6 is 0 Å². The van der Waals surface area contributed by atoms with Gasteiger partial charge in [0.15, 0.2) is 0 Å². The van der Waals surface area contributed by atoms with E-state index in [0.29, 0.717) is 12.1 Å². The van der Waals surface area contributed by atoms with Crippen LogP contribution in [0.5, 0.6) is 0 Å². The molecule has 2 heterocycles. The van der Waals surface area contributed by atoms with E-state index >= 15 is 0 Å². The maximum absolute atomic E-state index is 12.9. The Morgan fingerprint density at radius 3 is 2.71 bits per heavy atom. The monoisotopic (exact) mass is 402 g/mol. The summed E-state index contributed by atoms with van der Waals surface area (Å²) in [4.78, 5) is 29.6. The van der Waals surface area contributed by atoms with Crippen molar-refractivity contribution in [2.75, 3.05) is 23.8 Å². The number of likely N-dealkylation sites (N-methyl/N-ethyl adjacent to an activating group) is 1. The van der Waals surface area contributed by atoms with E-state index in [9.17, 15) is 18.0 Å². The molecule has 0 radical (unpaired) electrons. The van der Waals surface area contributed by atoms with Gasteiger partial charge in [-0.1, -0.05) is 0 Å². The van der Waals surface area contributed by atoms with Crippen LogP contribution in [0.4, 0.5) is 11.4 Å². The number of carbonyl (C=O) groups is 2. The maximum atomic E-state index is 12.9. The molecule has 0 saturated heterocycles. The van der Waals surface area contributed by atoms with Crippen molar-refractivity contribution in [1.82, 2.24) is 9.29 Å². The fraction of sp³-hybridized carbons (Fsp3) is 0.316. The lowest BCUT2D eigenvalue weighted by Gasteiger charge is -2.21. The van der Waals surface area contributed by atoms with Gasteiger partial charge in [0.05, 0.1) is 23.3 Å². The molecule has 28 heavy (non-hydrogen) atoms. The molecule has 8 nitrogen and oxygen atoms in total. The lowest BCUT2D eigenvalue weighted by Crippen LogP contribution is -2.35. The molecule has 2 aromatic rings. The third-order valence-electron chi connectivity index (χ3n) is 4.63. The van der Waals surface area contributed by atoms with E-state index < -0.39 is 15.9 Å². The zero-order chi connectivity index (χ0) is 20.5. The molecule has 1 aliphatic heterocycles. The van der Waals surface area contributed by atoms with E-state index in [1.54, 1.807) is 35.4 Å². The predicted octanol–water partition coefficient (Wildman–Crippen LogP) is 1.64. The molecule has 1 aromatic heterocycles. The van der Waals surface area contributed by atoms with Gasteiger partial charge in [-0.2, -0.15) is 4.31 Å². The zero-order valence-corrected chi connectivity index (χ0v) is 16.7. The lowest BCUT2D eigenvalue weighted by molar-refractivity contribution is -0.117. The second-order valence-electron chi connectivity index (χ2n) is 6.78. The first-order valence-corrected chi connectivity index (χ1v) is 10.2. The minimum atomic E-state index is -3.85. The van der Waals surface area contributed by atoms with Crippen molar-refractivity contribution in [2.24, 2.45) is 0 Å². The van der Waals surface area contributed by atoms with Crippen LogP contribution in [-0.4, -0.2) is 49.2 Å². The topological polar surface area (TPSA) is 99.7 Å². The van der Waals surface area contributed by atoms with Crippen molar-refractivity contribution in [3.63, 3.8) is 0 Å². The number of anilines is 2. The lowest BCUT2D eigenvalue weighted by atomic mass is 10.1. The minimum Gasteiger partial charge on any atom is -0.324 e. The Morgan fingerprint density at radius 1 is 1.32 bits per heavy atom. The third kappa shape index (κ3) is 3.90. The van der Waals surface area contributed by atoms with Crippen LogP contribution in [-0.2, 0) is 26.0 Å². The maximum Gasteiger partial charge on any atom is 0.243 e. The van der Waals surface area contributed by atoms with Gasteiger partial charge in [-0.15, -0.1) is 0 Å². The van der Waals surface area contributed by atoms with E-state index in [-0.39, 0.29) is 23.4 Å². The SMILES string of the molecule is CC(=O)N1c2ccc(S(=O)(=O)N(C)CC(=O)Nc3cccnc3)cc2CC1C. The van der Waals surface area contributed by atoms with Gasteiger partial charge in [0.25, 0.3) is 0 Å². The normalized spacial score (nSPS) is 16.1. The standard InChI is InChI=1S/C19H22N4O4S/c1-13-9-15-10-17(6-7-18(15)23(13)14(2)24)28(26,27)22(3)12-19(25)21-16-5-4-8-20-11-16/h4-8,10-11,13H,9,12H2,1-3H3,(H,21,25). The number of amides is 2. The van der Waals surface area contributed by atoms with Crippen LogP contribution < -0.4 is 10.2 Å². The smallest absolute Gasteiger partial charge is 0.243 e. The second kappa shape index (κ2) is 7.69. The molecule has 0 spiro atoms. The Labute approximate surface area is 164 Å². The average Bonchev–Trinajstić information content (AvgIpc) is 2.97. The van der Waals surface area contributed by atoms with Gasteiger partial charge in [-0.05, 0) is 49.2 Å². The van der Waals surface area contributed by atoms with Gasteiger partial charge in [0.2, 0.25) is 21.8 Å². The quantitative estimate of drug-likeness (QED) is 0.820. The number of fused-ring (bicyclic) bond motifs is 1. The highest BCUT2D eigenvalue weighted by molar-refractivity contribution is 7.89. The number of rotatable bonds is 5. The number of carbonyl (C=O) groups excluding carboxylic acids is 2. The number of hydrogen-bond donors (Lipinski definition) is 1. The molecule has 9 heteroatoms. The molecule has 1 aliphatic rings. The molecule has 0 bridgehead atoms. The van der Waals surface area contributed by atoms with Crippen LogP contribution in [0.15, 0.2) is 47.6 Å². The summed E-state index contributed by atoms with van der Waals surface area (Å²) in [5, 5.41) is 2.61. The molecule has 1 N–H and O–H groups in total. The number of pyridine rings is 1. The fourth-order valence-electron chi connectivity index (χ4n) is 3.35. The highest BCUT2D eigenvalue weighted by Gasteiger charge is 2.31. The molecule has 3 rings (SSSR count). The first-order valence-electron chi connectivity index (χ1n) is 8.79. The van der Waals surface area contributed by atoms with Gasteiger partial charge in [0, 0.05) is 31.9 Å². The van der Waals surface area contributed by atoms with E-state index in [4.69, 9.17) is 0 Å². The van der Waals surface area contributed by atoms with E-state index in [0.717, 1.165) is 15.6 Å². The minimum absolute atomic E-state index is 0.0200. The van der Waals surface area contributed by atoms with Gasteiger partial charge in [-0.3, -0.25) is 14.6 Å². The van der Waals surface area contributed by atoms with Crippen molar-refractivity contribution in [2.45, 2.75) is 31.2 Å². The summed E-state index contributed by atoms with van der Waals surface area (Å²) in [6.45, 7) is 3.08. The van der Waals surface area contributed by atoms with Crippen molar-refractivity contribution < 1.29 is 18.0 Å².